The van der Waals surface area contributed by atoms with Crippen LogP contribution in [-0.4, -0.2) is 49.6 Å². The molecular weight excluding hydrogens is 246 g/mol. The summed E-state index contributed by atoms with van der Waals surface area (Å²) in [7, 11) is 1.67. The van der Waals surface area contributed by atoms with Crippen molar-refractivity contribution in [2.75, 3.05) is 26.9 Å². The van der Waals surface area contributed by atoms with Gasteiger partial charge in [-0.15, -0.1) is 0 Å². The number of hydrogen-bond acceptors (Lipinski definition) is 4. The third-order valence-electron chi connectivity index (χ3n) is 3.11. The van der Waals surface area contributed by atoms with Crippen molar-refractivity contribution in [1.82, 2.24) is 5.32 Å². The van der Waals surface area contributed by atoms with Gasteiger partial charge in [0, 0.05) is 33.0 Å². The summed E-state index contributed by atoms with van der Waals surface area (Å²) >= 11 is 0. The Morgan fingerprint density at radius 3 is 2.37 bits per heavy atom. The molecule has 0 fully saturated rings. The molecular formula is C14H29NO4. The lowest BCUT2D eigenvalue weighted by molar-refractivity contribution is -0.146. The number of ether oxygens (including phenoxy) is 2. The molecule has 0 aromatic carbocycles. The molecule has 0 rings (SSSR count). The molecule has 0 saturated carbocycles. The van der Waals surface area contributed by atoms with Gasteiger partial charge < -0.3 is 14.6 Å². The summed E-state index contributed by atoms with van der Waals surface area (Å²) in [4.78, 5) is 11.5. The normalized spacial score (nSPS) is 14.6. The van der Waals surface area contributed by atoms with E-state index in [2.05, 4.69) is 5.32 Å². The van der Waals surface area contributed by atoms with Crippen LogP contribution >= 0.6 is 0 Å². The van der Waals surface area contributed by atoms with E-state index in [1.54, 1.807) is 7.11 Å². The standard InChI is InChI=1S/C14H29NO4/c1-5-14(13(16)17,15-12(2)3)8-6-10-19-11-7-9-18-4/h12,15H,5-11H2,1-4H3,(H,16,17). The quantitative estimate of drug-likeness (QED) is 0.534. The number of methoxy groups -OCH3 is 1. The second-order valence-corrected chi connectivity index (χ2v) is 5.10. The van der Waals surface area contributed by atoms with E-state index in [0.717, 1.165) is 12.8 Å². The Kier molecular flexibility index (Phi) is 9.83. The molecule has 0 aromatic rings. The minimum absolute atomic E-state index is 0.152. The molecule has 0 amide bonds. The second kappa shape index (κ2) is 10.2. The lowest BCUT2D eigenvalue weighted by atomic mass is 9.89. The molecule has 19 heavy (non-hydrogen) atoms. The maximum Gasteiger partial charge on any atom is 0.323 e. The number of carboxylic acids is 1. The molecule has 2 N–H and O–H groups in total. The lowest BCUT2D eigenvalue weighted by Gasteiger charge is -2.31. The van der Waals surface area contributed by atoms with Gasteiger partial charge in [-0.1, -0.05) is 6.92 Å². The number of hydrogen-bond donors (Lipinski definition) is 2. The summed E-state index contributed by atoms with van der Waals surface area (Å²) in [6.45, 7) is 7.80. The highest BCUT2D eigenvalue weighted by Gasteiger charge is 2.36. The summed E-state index contributed by atoms with van der Waals surface area (Å²) in [5, 5.41) is 12.6. The number of carboxylic acid groups (broad SMARTS) is 1. The van der Waals surface area contributed by atoms with E-state index in [0.29, 0.717) is 32.7 Å². The topological polar surface area (TPSA) is 67.8 Å². The minimum Gasteiger partial charge on any atom is -0.480 e. The van der Waals surface area contributed by atoms with Gasteiger partial charge in [-0.2, -0.15) is 0 Å². The number of carbonyl (C=O) groups is 1. The van der Waals surface area contributed by atoms with Gasteiger partial charge in [0.2, 0.25) is 0 Å². The van der Waals surface area contributed by atoms with Crippen LogP contribution in [0.5, 0.6) is 0 Å². The summed E-state index contributed by atoms with van der Waals surface area (Å²) in [6.07, 6.45) is 2.77. The van der Waals surface area contributed by atoms with Crippen molar-refractivity contribution in [1.29, 1.82) is 0 Å². The fourth-order valence-electron chi connectivity index (χ4n) is 2.11. The predicted molar refractivity (Wildman–Crippen MR) is 75.5 cm³/mol. The van der Waals surface area contributed by atoms with Crippen molar-refractivity contribution in [2.45, 2.75) is 58.0 Å². The van der Waals surface area contributed by atoms with Crippen LogP contribution in [0, 0.1) is 0 Å². The zero-order valence-electron chi connectivity index (χ0n) is 12.7. The van der Waals surface area contributed by atoms with E-state index in [-0.39, 0.29) is 6.04 Å². The van der Waals surface area contributed by atoms with E-state index in [9.17, 15) is 9.90 Å². The van der Waals surface area contributed by atoms with Crippen LogP contribution in [0.2, 0.25) is 0 Å². The Morgan fingerprint density at radius 2 is 1.89 bits per heavy atom. The number of aliphatic carboxylic acids is 1. The average Bonchev–Trinajstić information content (AvgIpc) is 2.35. The van der Waals surface area contributed by atoms with Gasteiger partial charge in [0.15, 0.2) is 0 Å². The molecule has 0 bridgehead atoms. The molecule has 0 aliphatic heterocycles. The van der Waals surface area contributed by atoms with Crippen LogP contribution in [0.25, 0.3) is 0 Å². The van der Waals surface area contributed by atoms with Crippen LogP contribution in [0.15, 0.2) is 0 Å². The van der Waals surface area contributed by atoms with Crippen molar-refractivity contribution in [3.8, 4) is 0 Å². The van der Waals surface area contributed by atoms with Crippen LogP contribution in [0.3, 0.4) is 0 Å². The van der Waals surface area contributed by atoms with Crippen LogP contribution in [0.1, 0.15) is 46.5 Å². The molecule has 0 aliphatic carbocycles. The monoisotopic (exact) mass is 275 g/mol. The van der Waals surface area contributed by atoms with Gasteiger partial charge in [0.05, 0.1) is 0 Å². The first-order valence-corrected chi connectivity index (χ1v) is 7.06. The van der Waals surface area contributed by atoms with Gasteiger partial charge in [-0.3, -0.25) is 10.1 Å². The Morgan fingerprint density at radius 1 is 1.26 bits per heavy atom. The smallest absolute Gasteiger partial charge is 0.323 e. The Labute approximate surface area is 116 Å². The van der Waals surface area contributed by atoms with Gasteiger partial charge in [-0.05, 0) is 39.5 Å². The zero-order valence-corrected chi connectivity index (χ0v) is 12.7. The van der Waals surface area contributed by atoms with Crippen molar-refractivity contribution in [2.24, 2.45) is 0 Å². The second-order valence-electron chi connectivity index (χ2n) is 5.10. The minimum atomic E-state index is -0.829. The maximum atomic E-state index is 11.5. The molecule has 0 aliphatic rings. The summed E-state index contributed by atoms with van der Waals surface area (Å²) in [5.74, 6) is -0.775. The molecule has 5 heteroatoms. The van der Waals surface area contributed by atoms with Crippen molar-refractivity contribution in [3.63, 3.8) is 0 Å². The summed E-state index contributed by atoms with van der Waals surface area (Å²) in [5.41, 5.74) is -0.829. The lowest BCUT2D eigenvalue weighted by Crippen LogP contribution is -2.54. The van der Waals surface area contributed by atoms with Crippen molar-refractivity contribution >= 4 is 5.97 Å². The van der Waals surface area contributed by atoms with Crippen molar-refractivity contribution in [3.05, 3.63) is 0 Å². The predicted octanol–water partition coefficient (Wildman–Crippen LogP) is 2.05. The highest BCUT2D eigenvalue weighted by atomic mass is 16.5. The fraction of sp³-hybridized carbons (Fsp3) is 0.929. The van der Waals surface area contributed by atoms with E-state index in [1.807, 2.05) is 20.8 Å². The molecule has 1 unspecified atom stereocenters. The molecule has 0 radical (unpaired) electrons. The molecule has 114 valence electrons. The van der Waals surface area contributed by atoms with Crippen molar-refractivity contribution < 1.29 is 19.4 Å². The average molecular weight is 275 g/mol. The van der Waals surface area contributed by atoms with E-state index in [1.165, 1.54) is 0 Å². The zero-order chi connectivity index (χ0) is 14.7. The molecule has 0 spiro atoms. The third kappa shape index (κ3) is 7.50. The fourth-order valence-corrected chi connectivity index (χ4v) is 2.11. The van der Waals surface area contributed by atoms with Crippen LogP contribution < -0.4 is 5.32 Å². The third-order valence-corrected chi connectivity index (χ3v) is 3.11. The molecule has 0 aromatic heterocycles. The molecule has 5 nitrogen and oxygen atoms in total. The highest BCUT2D eigenvalue weighted by Crippen LogP contribution is 2.19. The largest absolute Gasteiger partial charge is 0.480 e. The van der Waals surface area contributed by atoms with E-state index < -0.39 is 11.5 Å². The van der Waals surface area contributed by atoms with Gasteiger partial charge in [-0.25, -0.2) is 0 Å². The van der Waals surface area contributed by atoms with Crippen LogP contribution in [0.4, 0.5) is 0 Å². The molecule has 0 heterocycles. The van der Waals surface area contributed by atoms with Gasteiger partial charge >= 0.3 is 5.97 Å². The molecule has 0 saturated heterocycles. The van der Waals surface area contributed by atoms with E-state index >= 15 is 0 Å². The Hall–Kier alpha value is -0.650. The SMILES string of the molecule is CCC(CCCOCCCOC)(NC(C)C)C(=O)O. The Bertz CT molecular complexity index is 246. The van der Waals surface area contributed by atoms with E-state index in [4.69, 9.17) is 9.47 Å². The van der Waals surface area contributed by atoms with Gasteiger partial charge in [0.1, 0.15) is 5.54 Å². The summed E-state index contributed by atoms with van der Waals surface area (Å²) in [6, 6.07) is 0.152. The number of nitrogens with one attached hydrogen (secondary N) is 1. The first kappa shape index (κ1) is 18.4. The summed E-state index contributed by atoms with van der Waals surface area (Å²) < 4.78 is 10.4. The Balaban J connectivity index is 4.03. The number of rotatable bonds is 12. The maximum absolute atomic E-state index is 11.5. The van der Waals surface area contributed by atoms with Gasteiger partial charge in [0.25, 0.3) is 0 Å². The molecule has 1 atom stereocenters. The highest BCUT2D eigenvalue weighted by molar-refractivity contribution is 5.78. The first-order valence-electron chi connectivity index (χ1n) is 7.06. The van der Waals surface area contributed by atoms with Crippen LogP contribution in [-0.2, 0) is 14.3 Å². The first-order chi connectivity index (χ1) is 8.98.